The van der Waals surface area contributed by atoms with Crippen LogP contribution in [-0.2, 0) is 4.79 Å². The van der Waals surface area contributed by atoms with Crippen molar-refractivity contribution in [2.75, 3.05) is 60.4 Å². The smallest absolute Gasteiger partial charge is 0.292 e. The van der Waals surface area contributed by atoms with Crippen LogP contribution in [0.1, 0.15) is 23.4 Å². The van der Waals surface area contributed by atoms with Gasteiger partial charge in [-0.15, -0.1) is 0 Å². The second-order valence-corrected chi connectivity index (χ2v) is 7.22. The van der Waals surface area contributed by atoms with E-state index in [1.54, 1.807) is 11.0 Å². The van der Waals surface area contributed by atoms with E-state index in [2.05, 4.69) is 15.0 Å². The average molecular weight is 349 g/mol. The van der Waals surface area contributed by atoms with Crippen LogP contribution < -0.4 is 0 Å². The Bertz CT molecular complexity index is 608. The van der Waals surface area contributed by atoms with Gasteiger partial charge in [-0.05, 0) is 34.0 Å². The molecule has 2 fully saturated rings. The van der Waals surface area contributed by atoms with Gasteiger partial charge < -0.3 is 19.2 Å². The Morgan fingerprint density at radius 3 is 2.60 bits per heavy atom. The van der Waals surface area contributed by atoms with Gasteiger partial charge in [0.2, 0.25) is 11.7 Å². The minimum atomic E-state index is -0.483. The zero-order valence-corrected chi connectivity index (χ0v) is 15.3. The third-order valence-corrected chi connectivity index (χ3v) is 5.46. The molecule has 3 heterocycles. The number of rotatable bonds is 4. The summed E-state index contributed by atoms with van der Waals surface area (Å²) in [7, 11) is 6.06. The molecule has 8 heteroatoms. The Labute approximate surface area is 148 Å². The van der Waals surface area contributed by atoms with Crippen LogP contribution in [0, 0.1) is 0 Å². The predicted molar refractivity (Wildman–Crippen MR) is 92.1 cm³/mol. The molecule has 0 N–H and O–H groups in total. The lowest BCUT2D eigenvalue weighted by atomic mass is 9.82. The highest BCUT2D eigenvalue weighted by molar-refractivity contribution is 5.92. The highest BCUT2D eigenvalue weighted by atomic mass is 16.5. The van der Waals surface area contributed by atoms with Crippen molar-refractivity contribution in [1.29, 1.82) is 0 Å². The molecule has 0 bridgehead atoms. The van der Waals surface area contributed by atoms with E-state index < -0.39 is 5.54 Å². The molecule has 3 rings (SSSR count). The Morgan fingerprint density at radius 2 is 2.00 bits per heavy atom. The SMILES string of the molecule is CN(C)CCN1CCN(C)C2(CCN(C(=O)c3ccno3)CC2)C1=O. The molecule has 0 unspecified atom stereocenters. The molecule has 8 nitrogen and oxygen atoms in total. The predicted octanol–water partition coefficient (Wildman–Crippen LogP) is -0.0150. The number of carbonyl (C=O) groups is 2. The van der Waals surface area contributed by atoms with Crippen LogP contribution in [0.2, 0.25) is 0 Å². The molecular formula is C17H27N5O3. The molecule has 0 atom stereocenters. The van der Waals surface area contributed by atoms with Gasteiger partial charge in [-0.1, -0.05) is 5.16 Å². The van der Waals surface area contributed by atoms with Gasteiger partial charge in [0.1, 0.15) is 5.54 Å². The van der Waals surface area contributed by atoms with E-state index in [9.17, 15) is 9.59 Å². The number of nitrogens with zero attached hydrogens (tertiary/aromatic N) is 5. The lowest BCUT2D eigenvalue weighted by Gasteiger charge is -2.51. The molecule has 0 saturated carbocycles. The van der Waals surface area contributed by atoms with Gasteiger partial charge in [-0.2, -0.15) is 0 Å². The lowest BCUT2D eigenvalue weighted by molar-refractivity contribution is -0.153. The summed E-state index contributed by atoms with van der Waals surface area (Å²) < 4.78 is 4.97. The molecular weight excluding hydrogens is 322 g/mol. The van der Waals surface area contributed by atoms with Crippen LogP contribution in [0.25, 0.3) is 0 Å². The summed E-state index contributed by atoms with van der Waals surface area (Å²) in [6.45, 7) is 4.36. The molecule has 2 aliphatic rings. The summed E-state index contributed by atoms with van der Waals surface area (Å²) in [5, 5.41) is 3.59. The second-order valence-electron chi connectivity index (χ2n) is 7.22. The van der Waals surface area contributed by atoms with E-state index in [1.165, 1.54) is 6.20 Å². The number of likely N-dealkylation sites (tertiary alicyclic amines) is 1. The first-order valence-electron chi connectivity index (χ1n) is 8.79. The zero-order valence-electron chi connectivity index (χ0n) is 15.3. The van der Waals surface area contributed by atoms with Gasteiger partial charge >= 0.3 is 0 Å². The highest BCUT2D eigenvalue weighted by Gasteiger charge is 2.49. The minimum Gasteiger partial charge on any atom is -0.351 e. The van der Waals surface area contributed by atoms with Crippen molar-refractivity contribution in [1.82, 2.24) is 24.8 Å². The summed E-state index contributed by atoms with van der Waals surface area (Å²) in [4.78, 5) is 33.6. The molecule has 0 aromatic carbocycles. The monoisotopic (exact) mass is 349 g/mol. The van der Waals surface area contributed by atoms with Crippen LogP contribution in [0.15, 0.2) is 16.8 Å². The van der Waals surface area contributed by atoms with Crippen LogP contribution in [-0.4, -0.2) is 103 Å². The average Bonchev–Trinajstić information content (AvgIpc) is 3.14. The Balaban J connectivity index is 1.67. The largest absolute Gasteiger partial charge is 0.351 e. The summed E-state index contributed by atoms with van der Waals surface area (Å²) in [6.07, 6.45) is 2.78. The molecule has 138 valence electrons. The topological polar surface area (TPSA) is 73.1 Å². The van der Waals surface area contributed by atoms with E-state index in [0.29, 0.717) is 25.9 Å². The summed E-state index contributed by atoms with van der Waals surface area (Å²) in [6, 6.07) is 1.58. The fraction of sp³-hybridized carbons (Fsp3) is 0.706. The molecule has 25 heavy (non-hydrogen) atoms. The molecule has 1 spiro atoms. The maximum Gasteiger partial charge on any atom is 0.292 e. The highest BCUT2D eigenvalue weighted by Crippen LogP contribution is 2.33. The van der Waals surface area contributed by atoms with E-state index in [0.717, 1.165) is 26.2 Å². The van der Waals surface area contributed by atoms with Crippen LogP contribution in [0.5, 0.6) is 0 Å². The number of amides is 2. The summed E-state index contributed by atoms with van der Waals surface area (Å²) in [5.74, 6) is 0.310. The van der Waals surface area contributed by atoms with Gasteiger partial charge in [-0.3, -0.25) is 14.5 Å². The van der Waals surface area contributed by atoms with Gasteiger partial charge in [0.15, 0.2) is 0 Å². The molecule has 2 saturated heterocycles. The first kappa shape index (κ1) is 17.9. The fourth-order valence-corrected chi connectivity index (χ4v) is 3.74. The minimum absolute atomic E-state index is 0.150. The molecule has 2 aliphatic heterocycles. The van der Waals surface area contributed by atoms with Gasteiger partial charge in [-0.25, -0.2) is 0 Å². The number of hydrogen-bond acceptors (Lipinski definition) is 6. The van der Waals surface area contributed by atoms with E-state index in [-0.39, 0.29) is 17.6 Å². The number of piperidine rings is 1. The molecule has 0 radical (unpaired) electrons. The maximum atomic E-state index is 13.2. The standard InChI is InChI=1S/C17H27N5O3/c1-19(2)10-12-22-13-11-20(3)17(16(22)24)5-8-21(9-6-17)15(23)14-4-7-18-25-14/h4,7H,5-6,8-13H2,1-3H3. The number of hydrogen-bond donors (Lipinski definition) is 0. The molecule has 1 aromatic heterocycles. The quantitative estimate of drug-likeness (QED) is 0.761. The van der Waals surface area contributed by atoms with Gasteiger partial charge in [0.25, 0.3) is 5.91 Å². The van der Waals surface area contributed by atoms with Crippen LogP contribution in [0.3, 0.4) is 0 Å². The second kappa shape index (κ2) is 7.13. The van der Waals surface area contributed by atoms with Gasteiger partial charge in [0.05, 0.1) is 6.20 Å². The first-order chi connectivity index (χ1) is 11.9. The summed E-state index contributed by atoms with van der Waals surface area (Å²) >= 11 is 0. The van der Waals surface area contributed by atoms with Crippen molar-refractivity contribution in [3.05, 3.63) is 18.0 Å². The first-order valence-corrected chi connectivity index (χ1v) is 8.79. The molecule has 1 aromatic rings. The third kappa shape index (κ3) is 3.41. The normalized spacial score (nSPS) is 21.4. The van der Waals surface area contributed by atoms with Crippen molar-refractivity contribution in [3.63, 3.8) is 0 Å². The Kier molecular flexibility index (Phi) is 5.10. The number of piperazine rings is 1. The fourth-order valence-electron chi connectivity index (χ4n) is 3.74. The maximum absolute atomic E-state index is 13.2. The van der Waals surface area contributed by atoms with Crippen molar-refractivity contribution in [2.24, 2.45) is 0 Å². The zero-order chi connectivity index (χ0) is 18.0. The summed E-state index contributed by atoms with van der Waals surface area (Å²) in [5.41, 5.74) is -0.483. The van der Waals surface area contributed by atoms with Crippen LogP contribution in [0.4, 0.5) is 0 Å². The van der Waals surface area contributed by atoms with Crippen molar-refractivity contribution in [3.8, 4) is 0 Å². The number of aromatic nitrogens is 1. The Hall–Kier alpha value is -1.93. The number of carbonyl (C=O) groups excluding carboxylic acids is 2. The van der Waals surface area contributed by atoms with Gasteiger partial charge in [0, 0.05) is 45.3 Å². The van der Waals surface area contributed by atoms with Crippen molar-refractivity contribution < 1.29 is 14.1 Å². The molecule has 0 aliphatic carbocycles. The van der Waals surface area contributed by atoms with E-state index in [4.69, 9.17) is 4.52 Å². The number of likely N-dealkylation sites (N-methyl/N-ethyl adjacent to an activating group) is 2. The van der Waals surface area contributed by atoms with Crippen molar-refractivity contribution >= 4 is 11.8 Å². The Morgan fingerprint density at radius 1 is 1.28 bits per heavy atom. The van der Waals surface area contributed by atoms with E-state index in [1.807, 2.05) is 26.0 Å². The van der Waals surface area contributed by atoms with Crippen molar-refractivity contribution in [2.45, 2.75) is 18.4 Å². The third-order valence-electron chi connectivity index (χ3n) is 5.46. The molecule has 2 amide bonds. The lowest BCUT2D eigenvalue weighted by Crippen LogP contribution is -2.68. The van der Waals surface area contributed by atoms with Crippen LogP contribution >= 0.6 is 0 Å². The van der Waals surface area contributed by atoms with E-state index >= 15 is 0 Å².